The molecule has 2 rings (SSSR count). The van der Waals surface area contributed by atoms with Gasteiger partial charge in [-0.1, -0.05) is 42.1 Å². The van der Waals surface area contributed by atoms with Crippen LogP contribution in [0.25, 0.3) is 5.57 Å². The van der Waals surface area contributed by atoms with Crippen LogP contribution in [0, 0.1) is 13.8 Å². The predicted molar refractivity (Wildman–Crippen MR) is 73.2 cm³/mol. The third-order valence-corrected chi connectivity index (χ3v) is 3.00. The summed E-state index contributed by atoms with van der Waals surface area (Å²) in [5, 5.41) is 7.30. The van der Waals surface area contributed by atoms with Crippen molar-refractivity contribution in [2.45, 2.75) is 20.4 Å². The van der Waals surface area contributed by atoms with Gasteiger partial charge in [-0.05, 0) is 25.0 Å². The smallest absolute Gasteiger partial charge is 0.138 e. The largest absolute Gasteiger partial charge is 0.361 e. The Balaban J connectivity index is 1.88. The summed E-state index contributed by atoms with van der Waals surface area (Å²) >= 11 is 0. The SMILES string of the molecule is C=C(CNCc1c(C)noc1C)c1ccccc1. The highest BCUT2D eigenvalue weighted by molar-refractivity contribution is 5.64. The van der Waals surface area contributed by atoms with Crippen LogP contribution in [0.5, 0.6) is 0 Å². The van der Waals surface area contributed by atoms with Crippen molar-refractivity contribution in [2.75, 3.05) is 6.54 Å². The van der Waals surface area contributed by atoms with E-state index in [1.165, 1.54) is 5.56 Å². The van der Waals surface area contributed by atoms with E-state index in [9.17, 15) is 0 Å². The molecule has 0 fully saturated rings. The summed E-state index contributed by atoms with van der Waals surface area (Å²) in [4.78, 5) is 0. The molecule has 0 amide bonds. The maximum Gasteiger partial charge on any atom is 0.138 e. The van der Waals surface area contributed by atoms with E-state index in [1.54, 1.807) is 0 Å². The molecule has 0 saturated heterocycles. The lowest BCUT2D eigenvalue weighted by molar-refractivity contribution is 0.392. The second-order valence-electron chi connectivity index (χ2n) is 4.38. The molecule has 0 radical (unpaired) electrons. The van der Waals surface area contributed by atoms with Crippen LogP contribution in [0.3, 0.4) is 0 Å². The Kier molecular flexibility index (Phi) is 3.95. The third kappa shape index (κ3) is 2.87. The van der Waals surface area contributed by atoms with Gasteiger partial charge in [0, 0.05) is 18.7 Å². The van der Waals surface area contributed by atoms with Crippen LogP contribution in [0.15, 0.2) is 41.4 Å². The molecule has 0 saturated carbocycles. The highest BCUT2D eigenvalue weighted by Gasteiger charge is 2.08. The van der Waals surface area contributed by atoms with E-state index in [0.29, 0.717) is 0 Å². The number of nitrogens with one attached hydrogen (secondary N) is 1. The lowest BCUT2D eigenvalue weighted by atomic mass is 10.1. The van der Waals surface area contributed by atoms with Gasteiger partial charge < -0.3 is 9.84 Å². The van der Waals surface area contributed by atoms with Crippen LogP contribution >= 0.6 is 0 Å². The lowest BCUT2D eigenvalue weighted by Gasteiger charge is -2.07. The van der Waals surface area contributed by atoms with Crippen molar-refractivity contribution in [3.63, 3.8) is 0 Å². The number of aromatic nitrogens is 1. The number of hydrogen-bond donors (Lipinski definition) is 1. The van der Waals surface area contributed by atoms with E-state index in [4.69, 9.17) is 4.52 Å². The molecule has 0 aliphatic heterocycles. The molecule has 0 unspecified atom stereocenters. The molecule has 1 N–H and O–H groups in total. The summed E-state index contributed by atoms with van der Waals surface area (Å²) in [6.07, 6.45) is 0. The van der Waals surface area contributed by atoms with Crippen molar-refractivity contribution < 1.29 is 4.52 Å². The summed E-state index contributed by atoms with van der Waals surface area (Å²) in [5.41, 5.74) is 4.34. The number of rotatable bonds is 5. The molecular formula is C15H18N2O. The Morgan fingerprint density at radius 1 is 1.28 bits per heavy atom. The molecule has 0 spiro atoms. The molecule has 1 heterocycles. The Bertz CT molecular complexity index is 509. The molecule has 94 valence electrons. The average molecular weight is 242 g/mol. The van der Waals surface area contributed by atoms with Crippen LogP contribution in [-0.4, -0.2) is 11.7 Å². The fourth-order valence-corrected chi connectivity index (χ4v) is 1.87. The first-order valence-electron chi connectivity index (χ1n) is 6.04. The van der Waals surface area contributed by atoms with Crippen molar-refractivity contribution in [3.05, 3.63) is 59.5 Å². The molecule has 3 nitrogen and oxygen atoms in total. The summed E-state index contributed by atoms with van der Waals surface area (Å²) < 4.78 is 5.13. The molecule has 1 aromatic carbocycles. The molecule has 0 aliphatic carbocycles. The van der Waals surface area contributed by atoms with Gasteiger partial charge in [0.1, 0.15) is 5.76 Å². The normalized spacial score (nSPS) is 10.6. The van der Waals surface area contributed by atoms with E-state index in [1.807, 2.05) is 32.0 Å². The van der Waals surface area contributed by atoms with E-state index in [-0.39, 0.29) is 0 Å². The van der Waals surface area contributed by atoms with Gasteiger partial charge in [0.05, 0.1) is 5.69 Å². The monoisotopic (exact) mass is 242 g/mol. The zero-order chi connectivity index (χ0) is 13.0. The van der Waals surface area contributed by atoms with Crippen molar-refractivity contribution in [2.24, 2.45) is 0 Å². The molecule has 3 heteroatoms. The maximum atomic E-state index is 5.13. The van der Waals surface area contributed by atoms with Gasteiger partial charge >= 0.3 is 0 Å². The highest BCUT2D eigenvalue weighted by atomic mass is 16.5. The molecule has 1 aromatic heterocycles. The second-order valence-corrected chi connectivity index (χ2v) is 4.38. The van der Waals surface area contributed by atoms with Gasteiger partial charge in [-0.3, -0.25) is 0 Å². The minimum atomic E-state index is 0.757. The average Bonchev–Trinajstić information content (AvgIpc) is 2.71. The van der Waals surface area contributed by atoms with E-state index >= 15 is 0 Å². The summed E-state index contributed by atoms with van der Waals surface area (Å²) in [7, 11) is 0. The first-order valence-corrected chi connectivity index (χ1v) is 6.04. The van der Waals surface area contributed by atoms with Gasteiger partial charge in [0.15, 0.2) is 0 Å². The second kappa shape index (κ2) is 5.65. The van der Waals surface area contributed by atoms with E-state index < -0.39 is 0 Å². The zero-order valence-corrected chi connectivity index (χ0v) is 10.9. The van der Waals surface area contributed by atoms with Crippen LogP contribution in [0.2, 0.25) is 0 Å². The maximum absolute atomic E-state index is 5.13. The third-order valence-electron chi connectivity index (χ3n) is 3.00. The Hall–Kier alpha value is -1.87. The van der Waals surface area contributed by atoms with Crippen molar-refractivity contribution in [1.29, 1.82) is 0 Å². The predicted octanol–water partition coefficient (Wildman–Crippen LogP) is 3.09. The molecule has 0 aliphatic rings. The fraction of sp³-hybridized carbons (Fsp3) is 0.267. The zero-order valence-electron chi connectivity index (χ0n) is 10.9. The molecule has 18 heavy (non-hydrogen) atoms. The Morgan fingerprint density at radius 3 is 2.61 bits per heavy atom. The lowest BCUT2D eigenvalue weighted by Crippen LogP contribution is -2.16. The Labute approximate surface area is 108 Å². The first kappa shape index (κ1) is 12.6. The number of benzene rings is 1. The summed E-state index contributed by atoms with van der Waals surface area (Å²) in [6.45, 7) is 9.49. The topological polar surface area (TPSA) is 38.1 Å². The van der Waals surface area contributed by atoms with Crippen molar-refractivity contribution in [3.8, 4) is 0 Å². The first-order chi connectivity index (χ1) is 8.68. The molecular weight excluding hydrogens is 224 g/mol. The van der Waals surface area contributed by atoms with Crippen molar-refractivity contribution >= 4 is 5.57 Å². The Morgan fingerprint density at radius 2 is 2.00 bits per heavy atom. The summed E-state index contributed by atoms with van der Waals surface area (Å²) in [5.74, 6) is 0.880. The minimum Gasteiger partial charge on any atom is -0.361 e. The van der Waals surface area contributed by atoms with Gasteiger partial charge in [0.25, 0.3) is 0 Å². The van der Waals surface area contributed by atoms with Gasteiger partial charge in [-0.15, -0.1) is 0 Å². The molecule has 0 atom stereocenters. The highest BCUT2D eigenvalue weighted by Crippen LogP contribution is 2.13. The van der Waals surface area contributed by atoms with E-state index in [2.05, 4.69) is 29.2 Å². The van der Waals surface area contributed by atoms with E-state index in [0.717, 1.165) is 35.7 Å². The number of hydrogen-bond acceptors (Lipinski definition) is 3. The van der Waals surface area contributed by atoms with Gasteiger partial charge in [-0.2, -0.15) is 0 Å². The van der Waals surface area contributed by atoms with Gasteiger partial charge in [-0.25, -0.2) is 0 Å². The van der Waals surface area contributed by atoms with Crippen molar-refractivity contribution in [1.82, 2.24) is 10.5 Å². The van der Waals surface area contributed by atoms with Crippen LogP contribution < -0.4 is 5.32 Å². The van der Waals surface area contributed by atoms with Crippen LogP contribution in [0.1, 0.15) is 22.6 Å². The standard InChI is InChI=1S/C15H18N2O/c1-11(14-7-5-4-6-8-14)9-16-10-15-12(2)17-18-13(15)3/h4-8,16H,1,9-10H2,2-3H3. The summed E-state index contributed by atoms with van der Waals surface area (Å²) in [6, 6.07) is 10.2. The quantitative estimate of drug-likeness (QED) is 0.875. The molecule has 0 bridgehead atoms. The molecule has 2 aromatic rings. The van der Waals surface area contributed by atoms with Gasteiger partial charge in [0.2, 0.25) is 0 Å². The number of nitrogens with zero attached hydrogens (tertiary/aromatic N) is 1. The minimum absolute atomic E-state index is 0.757. The van der Waals surface area contributed by atoms with Crippen LogP contribution in [-0.2, 0) is 6.54 Å². The number of aryl methyl sites for hydroxylation is 2. The fourth-order valence-electron chi connectivity index (χ4n) is 1.87. The van der Waals surface area contributed by atoms with Crippen LogP contribution in [0.4, 0.5) is 0 Å².